The number of rotatable bonds is 15. The third-order valence-electron chi connectivity index (χ3n) is 7.66. The summed E-state index contributed by atoms with van der Waals surface area (Å²) in [7, 11) is 1.73. The first-order chi connectivity index (χ1) is 17.5. The normalized spacial score (nSPS) is 17.1. The molecule has 2 heterocycles. The molecule has 4 rings (SSSR count). The minimum atomic E-state index is -0.775. The van der Waals surface area contributed by atoms with Gasteiger partial charge in [0.2, 0.25) is 0 Å². The number of ether oxygens (including phenoxy) is 1. The highest BCUT2D eigenvalue weighted by atomic mass is 16.5. The van der Waals surface area contributed by atoms with E-state index in [1.54, 1.807) is 7.11 Å². The van der Waals surface area contributed by atoms with E-state index in [4.69, 9.17) is 9.72 Å². The Morgan fingerprint density at radius 2 is 1.92 bits per heavy atom. The maximum absolute atomic E-state index is 12.0. The molecule has 2 aromatic heterocycles. The summed E-state index contributed by atoms with van der Waals surface area (Å²) >= 11 is 0. The second-order valence-electron chi connectivity index (χ2n) is 10.7. The average molecular weight is 495 g/mol. The number of aryl methyl sites for hydroxylation is 3. The maximum Gasteiger partial charge on any atom is 0.306 e. The molecule has 196 valence electrons. The number of unbranched alkanes of at least 4 members (excludes halogenated alkanes) is 1. The summed E-state index contributed by atoms with van der Waals surface area (Å²) in [5, 5.41) is 9.85. The van der Waals surface area contributed by atoms with Gasteiger partial charge in [-0.25, -0.2) is 9.97 Å². The Morgan fingerprint density at radius 1 is 1.14 bits per heavy atom. The van der Waals surface area contributed by atoms with Gasteiger partial charge in [0.1, 0.15) is 5.82 Å². The van der Waals surface area contributed by atoms with Crippen molar-refractivity contribution in [2.75, 3.05) is 26.7 Å². The highest BCUT2D eigenvalue weighted by Crippen LogP contribution is 2.39. The van der Waals surface area contributed by atoms with Crippen molar-refractivity contribution in [3.63, 3.8) is 0 Å². The van der Waals surface area contributed by atoms with Gasteiger partial charge in [-0.1, -0.05) is 6.07 Å². The van der Waals surface area contributed by atoms with E-state index in [9.17, 15) is 9.90 Å². The molecule has 2 atom stereocenters. The molecule has 0 saturated heterocycles. The topological polar surface area (TPSA) is 88.4 Å². The number of aromatic nitrogens is 3. The molecule has 1 N–H and O–H groups in total. The Bertz CT molecular complexity index is 977. The fraction of sp³-hybridized carbons (Fsp3) is 0.655. The highest BCUT2D eigenvalue weighted by Gasteiger charge is 2.25. The van der Waals surface area contributed by atoms with E-state index in [2.05, 4.69) is 33.9 Å². The van der Waals surface area contributed by atoms with E-state index >= 15 is 0 Å². The van der Waals surface area contributed by atoms with Crippen LogP contribution in [0.5, 0.6) is 0 Å². The SMILES string of the molecule is CO[C@H](C)CN(CCCCc1ccc2c(n1)CCCC2)CC[C@H](Cc1ncc(C2CC2)cn1)C(=O)O. The van der Waals surface area contributed by atoms with Gasteiger partial charge in [0.25, 0.3) is 0 Å². The second-order valence-corrected chi connectivity index (χ2v) is 10.7. The second kappa shape index (κ2) is 13.2. The minimum absolute atomic E-state index is 0.105. The number of carbonyl (C=O) groups is 1. The molecule has 1 fully saturated rings. The first-order valence-corrected chi connectivity index (χ1v) is 13.8. The minimum Gasteiger partial charge on any atom is -0.481 e. The van der Waals surface area contributed by atoms with Gasteiger partial charge in [-0.2, -0.15) is 0 Å². The molecule has 7 heteroatoms. The Balaban J connectivity index is 1.25. The Hall–Kier alpha value is -2.38. The lowest BCUT2D eigenvalue weighted by Crippen LogP contribution is -2.35. The van der Waals surface area contributed by atoms with Gasteiger partial charge in [-0.3, -0.25) is 9.78 Å². The van der Waals surface area contributed by atoms with E-state index in [0.29, 0.717) is 24.6 Å². The standard InChI is InChI=1S/C29H42N4O3/c1-21(36-2)20-33(15-6-5-8-26-13-12-23-7-3-4-9-27(23)32-26)16-14-24(29(34)35)17-28-30-18-25(19-31-28)22-10-11-22/h12-13,18-19,21-22,24H,3-11,14-17,20H2,1-2H3,(H,34,35)/t21-,24-/m1/s1. The maximum atomic E-state index is 12.0. The lowest BCUT2D eigenvalue weighted by atomic mass is 9.95. The first kappa shape index (κ1) is 26.7. The highest BCUT2D eigenvalue weighted by molar-refractivity contribution is 5.70. The number of carboxylic acid groups (broad SMARTS) is 1. The van der Waals surface area contributed by atoms with Crippen LogP contribution < -0.4 is 0 Å². The number of fused-ring (bicyclic) bond motifs is 1. The van der Waals surface area contributed by atoms with Crippen LogP contribution in [0.1, 0.15) is 86.1 Å². The quantitative estimate of drug-likeness (QED) is 0.361. The van der Waals surface area contributed by atoms with E-state index in [-0.39, 0.29) is 6.10 Å². The largest absolute Gasteiger partial charge is 0.481 e. The van der Waals surface area contributed by atoms with Crippen molar-refractivity contribution in [1.82, 2.24) is 19.9 Å². The number of hydrogen-bond acceptors (Lipinski definition) is 6. The predicted molar refractivity (Wildman–Crippen MR) is 140 cm³/mol. The number of aliphatic carboxylic acids is 1. The summed E-state index contributed by atoms with van der Waals surface area (Å²) < 4.78 is 5.51. The van der Waals surface area contributed by atoms with Crippen molar-refractivity contribution in [1.29, 1.82) is 0 Å². The molecule has 7 nitrogen and oxygen atoms in total. The molecular formula is C29H42N4O3. The van der Waals surface area contributed by atoms with Gasteiger partial charge < -0.3 is 14.7 Å². The molecule has 2 aliphatic rings. The lowest BCUT2D eigenvalue weighted by Gasteiger charge is -2.26. The molecule has 2 aliphatic carbocycles. The summed E-state index contributed by atoms with van der Waals surface area (Å²) in [4.78, 5) is 28.2. The van der Waals surface area contributed by atoms with Crippen LogP contribution in [-0.2, 0) is 35.2 Å². The molecule has 0 bridgehead atoms. The first-order valence-electron chi connectivity index (χ1n) is 13.8. The van der Waals surface area contributed by atoms with Crippen molar-refractivity contribution in [3.05, 3.63) is 52.9 Å². The van der Waals surface area contributed by atoms with E-state index < -0.39 is 11.9 Å². The number of pyridine rings is 1. The fourth-order valence-electron chi connectivity index (χ4n) is 5.11. The van der Waals surface area contributed by atoms with Crippen LogP contribution in [0.2, 0.25) is 0 Å². The lowest BCUT2D eigenvalue weighted by molar-refractivity contribution is -0.142. The summed E-state index contributed by atoms with van der Waals surface area (Å²) in [6, 6.07) is 4.48. The molecule has 0 amide bonds. The number of nitrogens with zero attached hydrogens (tertiary/aromatic N) is 4. The Kier molecular flexibility index (Phi) is 9.82. The van der Waals surface area contributed by atoms with E-state index in [0.717, 1.165) is 45.3 Å². The molecule has 0 unspecified atom stereocenters. The van der Waals surface area contributed by atoms with E-state index in [1.807, 2.05) is 12.4 Å². The Morgan fingerprint density at radius 3 is 2.64 bits per heavy atom. The van der Waals surface area contributed by atoms with Crippen LogP contribution in [0.3, 0.4) is 0 Å². The van der Waals surface area contributed by atoms with Crippen molar-refractivity contribution < 1.29 is 14.6 Å². The summed E-state index contributed by atoms with van der Waals surface area (Å²) in [5.74, 6) is -0.0326. The molecule has 0 aliphatic heterocycles. The van der Waals surface area contributed by atoms with Gasteiger partial charge in [-0.05, 0) is 107 Å². The van der Waals surface area contributed by atoms with Gasteiger partial charge in [0, 0.05) is 43.9 Å². The monoisotopic (exact) mass is 494 g/mol. The number of methoxy groups -OCH3 is 1. The summed E-state index contributed by atoms with van der Waals surface area (Å²) in [5.41, 5.74) is 5.11. The van der Waals surface area contributed by atoms with Gasteiger partial charge in [-0.15, -0.1) is 0 Å². The zero-order valence-corrected chi connectivity index (χ0v) is 22.0. The van der Waals surface area contributed by atoms with Gasteiger partial charge >= 0.3 is 5.97 Å². The van der Waals surface area contributed by atoms with Crippen LogP contribution in [0, 0.1) is 5.92 Å². The van der Waals surface area contributed by atoms with Crippen LogP contribution in [-0.4, -0.2) is 63.8 Å². The van der Waals surface area contributed by atoms with Crippen LogP contribution in [0.15, 0.2) is 24.5 Å². The molecular weight excluding hydrogens is 452 g/mol. The number of hydrogen-bond donors (Lipinski definition) is 1. The molecule has 0 aromatic carbocycles. The van der Waals surface area contributed by atoms with E-state index in [1.165, 1.54) is 54.6 Å². The van der Waals surface area contributed by atoms with Crippen LogP contribution in [0.4, 0.5) is 0 Å². The molecule has 0 spiro atoms. The number of carboxylic acids is 1. The third-order valence-corrected chi connectivity index (χ3v) is 7.66. The average Bonchev–Trinajstić information content (AvgIpc) is 3.74. The Labute approximate surface area is 215 Å². The summed E-state index contributed by atoms with van der Waals surface area (Å²) in [6.07, 6.45) is 15.2. The zero-order chi connectivity index (χ0) is 25.3. The van der Waals surface area contributed by atoms with Gasteiger partial charge in [0.05, 0.1) is 12.0 Å². The van der Waals surface area contributed by atoms with Crippen molar-refractivity contribution in [3.8, 4) is 0 Å². The van der Waals surface area contributed by atoms with Crippen LogP contribution >= 0.6 is 0 Å². The third kappa shape index (κ3) is 8.07. The summed E-state index contributed by atoms with van der Waals surface area (Å²) in [6.45, 7) is 4.51. The van der Waals surface area contributed by atoms with Crippen molar-refractivity contribution in [2.45, 2.75) is 89.6 Å². The van der Waals surface area contributed by atoms with Crippen molar-refractivity contribution >= 4 is 5.97 Å². The van der Waals surface area contributed by atoms with Crippen LogP contribution in [0.25, 0.3) is 0 Å². The zero-order valence-electron chi connectivity index (χ0n) is 22.0. The predicted octanol–water partition coefficient (Wildman–Crippen LogP) is 4.62. The molecule has 2 aromatic rings. The molecule has 0 radical (unpaired) electrons. The smallest absolute Gasteiger partial charge is 0.306 e. The van der Waals surface area contributed by atoms with Gasteiger partial charge in [0.15, 0.2) is 0 Å². The van der Waals surface area contributed by atoms with Crippen molar-refractivity contribution in [2.24, 2.45) is 5.92 Å². The molecule has 1 saturated carbocycles. The molecule has 36 heavy (non-hydrogen) atoms. The fourth-order valence-corrected chi connectivity index (χ4v) is 5.11.